The van der Waals surface area contributed by atoms with Crippen LogP contribution in [0.4, 0.5) is 4.79 Å². The van der Waals surface area contributed by atoms with Crippen molar-refractivity contribution in [3.63, 3.8) is 0 Å². The summed E-state index contributed by atoms with van der Waals surface area (Å²) in [6.07, 6.45) is 2.39. The number of carbonyl (C=O) groups excluding carboxylic acids is 2. The summed E-state index contributed by atoms with van der Waals surface area (Å²) in [5.41, 5.74) is 13.4. The third-order valence-corrected chi connectivity index (χ3v) is 5.52. The first-order valence-electron chi connectivity index (χ1n) is 8.60. The third-order valence-electron chi connectivity index (χ3n) is 5.52. The van der Waals surface area contributed by atoms with Crippen molar-refractivity contribution in [1.82, 2.24) is 10.2 Å². The summed E-state index contributed by atoms with van der Waals surface area (Å²) < 4.78 is 0. The van der Waals surface area contributed by atoms with Crippen molar-refractivity contribution in [2.45, 2.75) is 38.3 Å². The van der Waals surface area contributed by atoms with Crippen LogP contribution in [0.3, 0.4) is 0 Å². The third kappa shape index (κ3) is 3.38. The first-order valence-corrected chi connectivity index (χ1v) is 8.60. The normalized spacial score (nSPS) is 26.9. The Balaban J connectivity index is 1.70. The smallest absolute Gasteiger partial charge is 0.312 e. The molecule has 0 radical (unpaired) electrons. The number of carbonyl (C=O) groups is 2. The van der Waals surface area contributed by atoms with Crippen LogP contribution in [0.1, 0.15) is 36.4 Å². The molecule has 1 saturated heterocycles. The Labute approximate surface area is 142 Å². The van der Waals surface area contributed by atoms with Crippen molar-refractivity contribution >= 4 is 11.9 Å². The number of nitrogens with two attached hydrogens (primary N) is 2. The zero-order valence-corrected chi connectivity index (χ0v) is 14.1. The highest BCUT2D eigenvalue weighted by molar-refractivity contribution is 5.79. The van der Waals surface area contributed by atoms with Gasteiger partial charge < -0.3 is 21.7 Å². The summed E-state index contributed by atoms with van der Waals surface area (Å²) in [5.74, 6) is 1.01. The second-order valence-electron chi connectivity index (χ2n) is 7.09. The number of hydrogen-bond donors (Lipinski definition) is 3. The lowest BCUT2D eigenvalue weighted by Crippen LogP contribution is -2.39. The van der Waals surface area contributed by atoms with Crippen LogP contribution in [0.15, 0.2) is 24.3 Å². The number of likely N-dealkylation sites (tertiary alicyclic amines) is 1. The summed E-state index contributed by atoms with van der Waals surface area (Å²) in [6.45, 7) is 3.49. The van der Waals surface area contributed by atoms with Crippen LogP contribution in [-0.2, 0) is 4.79 Å². The second kappa shape index (κ2) is 6.81. The maximum Gasteiger partial charge on any atom is 0.312 e. The Morgan fingerprint density at radius 2 is 2.04 bits per heavy atom. The van der Waals surface area contributed by atoms with E-state index >= 15 is 0 Å². The molecule has 6 nitrogen and oxygen atoms in total. The predicted octanol–water partition coefficient (Wildman–Crippen LogP) is 1.29. The minimum Gasteiger partial charge on any atom is -0.352 e. The zero-order valence-electron chi connectivity index (χ0n) is 14.1. The van der Waals surface area contributed by atoms with Crippen LogP contribution in [0, 0.1) is 18.8 Å². The van der Waals surface area contributed by atoms with E-state index in [9.17, 15) is 9.59 Å². The van der Waals surface area contributed by atoms with Gasteiger partial charge in [-0.3, -0.25) is 4.79 Å². The highest BCUT2D eigenvalue weighted by atomic mass is 16.2. The van der Waals surface area contributed by atoms with Crippen molar-refractivity contribution in [3.05, 3.63) is 35.4 Å². The molecule has 2 aliphatic rings. The first kappa shape index (κ1) is 16.8. The van der Waals surface area contributed by atoms with Gasteiger partial charge in [0.05, 0.1) is 12.5 Å². The lowest BCUT2D eigenvalue weighted by atomic mass is 9.98. The summed E-state index contributed by atoms with van der Waals surface area (Å²) in [6, 6.07) is 6.93. The molecule has 0 spiro atoms. The molecule has 1 aromatic carbocycles. The molecule has 1 aliphatic carbocycles. The number of urea groups is 1. The van der Waals surface area contributed by atoms with E-state index in [0.29, 0.717) is 11.8 Å². The molecule has 4 atom stereocenters. The highest BCUT2D eigenvalue weighted by Gasteiger charge is 2.42. The molecule has 2 fully saturated rings. The molecule has 3 amide bonds. The Morgan fingerprint density at radius 1 is 1.29 bits per heavy atom. The summed E-state index contributed by atoms with van der Waals surface area (Å²) in [7, 11) is 0. The monoisotopic (exact) mass is 330 g/mol. The molecule has 24 heavy (non-hydrogen) atoms. The number of amides is 3. The van der Waals surface area contributed by atoms with Crippen LogP contribution in [0.5, 0.6) is 0 Å². The average molecular weight is 330 g/mol. The quantitative estimate of drug-likeness (QED) is 0.775. The molecule has 5 N–H and O–H groups in total. The Kier molecular flexibility index (Phi) is 4.76. The van der Waals surface area contributed by atoms with Crippen molar-refractivity contribution < 1.29 is 9.59 Å². The van der Waals surface area contributed by atoms with Gasteiger partial charge in [0.15, 0.2) is 0 Å². The molecule has 1 aromatic rings. The maximum atomic E-state index is 12.8. The molecule has 1 aliphatic heterocycles. The van der Waals surface area contributed by atoms with Crippen LogP contribution in [-0.4, -0.2) is 36.0 Å². The van der Waals surface area contributed by atoms with E-state index in [1.807, 2.05) is 36.1 Å². The van der Waals surface area contributed by atoms with Gasteiger partial charge in [-0.25, -0.2) is 4.79 Å². The fourth-order valence-corrected chi connectivity index (χ4v) is 4.20. The topological polar surface area (TPSA) is 101 Å². The average Bonchev–Trinajstić information content (AvgIpc) is 3.09. The van der Waals surface area contributed by atoms with Crippen LogP contribution in [0.25, 0.3) is 0 Å². The largest absolute Gasteiger partial charge is 0.352 e. The lowest BCUT2D eigenvalue weighted by Gasteiger charge is -2.24. The molecule has 1 saturated carbocycles. The van der Waals surface area contributed by atoms with Gasteiger partial charge in [-0.1, -0.05) is 24.3 Å². The van der Waals surface area contributed by atoms with Gasteiger partial charge in [-0.2, -0.15) is 0 Å². The minimum absolute atomic E-state index is 0.0543. The number of rotatable bonds is 4. The van der Waals surface area contributed by atoms with Crippen molar-refractivity contribution in [2.75, 3.05) is 13.1 Å². The first-order chi connectivity index (χ1) is 11.5. The summed E-state index contributed by atoms with van der Waals surface area (Å²) in [4.78, 5) is 26.0. The number of hydrogen-bond acceptors (Lipinski definition) is 3. The SMILES string of the molecule is Cc1ccccc1C(CC(=O)N1CC2CCC(N)C2C1)NC(N)=O. The van der Waals surface area contributed by atoms with E-state index < -0.39 is 12.1 Å². The number of fused-ring (bicyclic) bond motifs is 1. The van der Waals surface area contributed by atoms with Gasteiger partial charge in [0.2, 0.25) is 5.91 Å². The number of nitrogens with zero attached hydrogens (tertiary/aromatic N) is 1. The molecule has 4 unspecified atom stereocenters. The fraction of sp³-hybridized carbons (Fsp3) is 0.556. The highest BCUT2D eigenvalue weighted by Crippen LogP contribution is 2.37. The molecule has 130 valence electrons. The number of nitrogens with one attached hydrogen (secondary N) is 1. The second-order valence-corrected chi connectivity index (χ2v) is 7.09. The van der Waals surface area contributed by atoms with Crippen LogP contribution in [0.2, 0.25) is 0 Å². The van der Waals surface area contributed by atoms with Crippen molar-refractivity contribution in [2.24, 2.45) is 23.3 Å². The fourth-order valence-electron chi connectivity index (χ4n) is 4.20. The van der Waals surface area contributed by atoms with Crippen molar-refractivity contribution in [1.29, 1.82) is 0 Å². The van der Waals surface area contributed by atoms with Crippen LogP contribution >= 0.6 is 0 Å². The Hall–Kier alpha value is -2.08. The van der Waals surface area contributed by atoms with Crippen molar-refractivity contribution in [3.8, 4) is 0 Å². The maximum absolute atomic E-state index is 12.8. The molecule has 0 aromatic heterocycles. The number of benzene rings is 1. The molecular formula is C18H26N4O2. The molecule has 0 bridgehead atoms. The van der Waals surface area contributed by atoms with E-state index in [4.69, 9.17) is 11.5 Å². The van der Waals surface area contributed by atoms with E-state index in [0.717, 1.165) is 37.1 Å². The number of aryl methyl sites for hydroxylation is 1. The Bertz CT molecular complexity index is 633. The van der Waals surface area contributed by atoms with E-state index in [-0.39, 0.29) is 18.4 Å². The minimum atomic E-state index is -0.614. The molecule has 1 heterocycles. The van der Waals surface area contributed by atoms with Gasteiger partial charge in [0.1, 0.15) is 0 Å². The number of primary amides is 1. The summed E-state index contributed by atoms with van der Waals surface area (Å²) in [5, 5.41) is 2.72. The predicted molar refractivity (Wildman–Crippen MR) is 92.0 cm³/mol. The van der Waals surface area contributed by atoms with Gasteiger partial charge in [0.25, 0.3) is 0 Å². The molecule has 6 heteroatoms. The van der Waals surface area contributed by atoms with E-state index in [1.54, 1.807) is 0 Å². The summed E-state index contributed by atoms with van der Waals surface area (Å²) >= 11 is 0. The van der Waals surface area contributed by atoms with E-state index in [2.05, 4.69) is 5.32 Å². The van der Waals surface area contributed by atoms with Gasteiger partial charge in [-0.15, -0.1) is 0 Å². The standard InChI is InChI=1S/C18H26N4O2/c1-11-4-2-3-5-13(11)16(21-18(20)24)8-17(23)22-9-12-6-7-15(19)14(12)10-22/h2-5,12,14-16H,6-10,19H2,1H3,(H3,20,21,24). The lowest BCUT2D eigenvalue weighted by molar-refractivity contribution is -0.131. The van der Waals surface area contributed by atoms with Gasteiger partial charge in [0, 0.05) is 19.1 Å². The Morgan fingerprint density at radius 3 is 2.71 bits per heavy atom. The molecular weight excluding hydrogens is 304 g/mol. The van der Waals surface area contributed by atoms with Gasteiger partial charge >= 0.3 is 6.03 Å². The zero-order chi connectivity index (χ0) is 17.3. The van der Waals surface area contributed by atoms with Crippen LogP contribution < -0.4 is 16.8 Å². The van der Waals surface area contributed by atoms with Gasteiger partial charge in [-0.05, 0) is 42.7 Å². The van der Waals surface area contributed by atoms with E-state index in [1.165, 1.54) is 0 Å². The molecule has 3 rings (SSSR count).